The number of hydrogen-bond donors (Lipinski definition) is 0. The van der Waals surface area contributed by atoms with Crippen LogP contribution in [0.2, 0.25) is 5.02 Å². The number of rotatable bonds is 7. The number of ether oxygens (including phenoxy) is 2. The van der Waals surface area contributed by atoms with Crippen LogP contribution in [0.25, 0.3) is 11.3 Å². The van der Waals surface area contributed by atoms with Crippen molar-refractivity contribution >= 4 is 23.5 Å². The van der Waals surface area contributed by atoms with Crippen LogP contribution in [0, 0.1) is 6.92 Å². The minimum atomic E-state index is -0.355. The molecule has 0 fully saturated rings. The van der Waals surface area contributed by atoms with Crippen molar-refractivity contribution in [1.29, 1.82) is 0 Å². The van der Waals surface area contributed by atoms with Crippen molar-refractivity contribution in [2.24, 2.45) is 5.16 Å². The Kier molecular flexibility index (Phi) is 6.52. The molecule has 7 rings (SSSR count). The molecule has 11 heteroatoms. The van der Waals surface area contributed by atoms with Gasteiger partial charge >= 0.3 is 0 Å². The Bertz CT molecular complexity index is 1930. The van der Waals surface area contributed by atoms with Crippen molar-refractivity contribution < 1.29 is 14.3 Å². The van der Waals surface area contributed by atoms with Gasteiger partial charge in [0.15, 0.2) is 18.1 Å². The predicted molar refractivity (Wildman–Crippen MR) is 157 cm³/mol. The first-order valence-electron chi connectivity index (χ1n) is 13.2. The van der Waals surface area contributed by atoms with E-state index in [1.165, 1.54) is 0 Å². The molecule has 0 saturated heterocycles. The van der Waals surface area contributed by atoms with E-state index in [1.807, 2.05) is 85.8 Å². The van der Waals surface area contributed by atoms with E-state index in [0.29, 0.717) is 28.3 Å². The molecule has 0 aliphatic carbocycles. The predicted octanol–water partition coefficient (Wildman–Crippen LogP) is 6.12. The Morgan fingerprint density at radius 2 is 1.76 bits per heavy atom. The summed E-state index contributed by atoms with van der Waals surface area (Å²) >= 11 is 6.16. The average Bonchev–Trinajstić information content (AvgIpc) is 3.59. The lowest BCUT2D eigenvalue weighted by Gasteiger charge is -2.27. The number of benzene rings is 3. The van der Waals surface area contributed by atoms with Gasteiger partial charge in [0.05, 0.1) is 41.8 Å². The standard InChI is InChI=1S/C31H24ClN7O3/c1-19-26-27(23-10-6-7-11-24(23)40-2)28-29-35-25(17-41-34-16-20-8-4-3-5-9-20)37-38(29)18-33-30(28)42-31(26)39(36-19)22-14-12-21(32)13-15-22/h3-16,18,27H,17H2,1-2H3/b34-16-/t27-/m0/s1. The van der Waals surface area contributed by atoms with Gasteiger partial charge in [-0.15, -0.1) is 5.10 Å². The summed E-state index contributed by atoms with van der Waals surface area (Å²) in [4.78, 5) is 15.0. The first-order chi connectivity index (χ1) is 20.6. The van der Waals surface area contributed by atoms with Crippen molar-refractivity contribution in [2.45, 2.75) is 19.4 Å². The quantitative estimate of drug-likeness (QED) is 0.166. The van der Waals surface area contributed by atoms with Gasteiger partial charge in [-0.1, -0.05) is 65.3 Å². The molecule has 1 atom stereocenters. The monoisotopic (exact) mass is 577 g/mol. The van der Waals surface area contributed by atoms with Crippen molar-refractivity contribution in [3.05, 3.63) is 124 Å². The lowest BCUT2D eigenvalue weighted by molar-refractivity contribution is 0.126. The number of hydrogen-bond acceptors (Lipinski definition) is 8. The molecule has 1 aliphatic heterocycles. The van der Waals surface area contributed by atoms with Gasteiger partial charge in [-0.3, -0.25) is 0 Å². The zero-order chi connectivity index (χ0) is 28.6. The molecular formula is C31H24ClN7O3. The third-order valence-corrected chi connectivity index (χ3v) is 7.31. The van der Waals surface area contributed by atoms with Gasteiger partial charge in [0, 0.05) is 10.6 Å². The van der Waals surface area contributed by atoms with Gasteiger partial charge in [0.2, 0.25) is 11.8 Å². The number of nitrogens with zero attached hydrogens (tertiary/aromatic N) is 7. The van der Waals surface area contributed by atoms with E-state index < -0.39 is 0 Å². The summed E-state index contributed by atoms with van der Waals surface area (Å²) in [6.07, 6.45) is 3.23. The Hall–Kier alpha value is -5.22. The van der Waals surface area contributed by atoms with Crippen LogP contribution in [0.3, 0.4) is 0 Å². The molecule has 0 N–H and O–H groups in total. The average molecular weight is 578 g/mol. The van der Waals surface area contributed by atoms with Gasteiger partial charge in [0.1, 0.15) is 12.1 Å². The summed E-state index contributed by atoms with van der Waals surface area (Å²) in [5.74, 6) is 1.79. The third-order valence-electron chi connectivity index (χ3n) is 7.05. The highest BCUT2D eigenvalue weighted by molar-refractivity contribution is 6.30. The maximum absolute atomic E-state index is 6.48. The summed E-state index contributed by atoms with van der Waals surface area (Å²) < 4.78 is 15.7. The highest BCUT2D eigenvalue weighted by Gasteiger charge is 2.39. The molecule has 0 saturated carbocycles. The van der Waals surface area contributed by atoms with Crippen LogP contribution in [-0.2, 0) is 11.4 Å². The Morgan fingerprint density at radius 1 is 0.976 bits per heavy atom. The molecule has 0 amide bonds. The van der Waals surface area contributed by atoms with Crippen molar-refractivity contribution in [3.63, 3.8) is 0 Å². The number of halogens is 1. The normalized spacial score (nSPS) is 14.0. The van der Waals surface area contributed by atoms with E-state index in [-0.39, 0.29) is 12.5 Å². The second-order valence-corrected chi connectivity index (χ2v) is 10.1. The van der Waals surface area contributed by atoms with Crippen molar-refractivity contribution in [3.8, 4) is 23.2 Å². The van der Waals surface area contributed by atoms with Crippen LogP contribution in [0.15, 0.2) is 90.3 Å². The number of aromatic nitrogens is 6. The molecule has 0 spiro atoms. The van der Waals surface area contributed by atoms with Gasteiger partial charge in [0.25, 0.3) is 0 Å². The second kappa shape index (κ2) is 10.6. The summed E-state index contributed by atoms with van der Waals surface area (Å²) in [5.41, 5.74) is 5.68. The molecule has 42 heavy (non-hydrogen) atoms. The number of para-hydroxylation sites is 1. The molecule has 10 nitrogen and oxygen atoms in total. The molecule has 0 bridgehead atoms. The van der Waals surface area contributed by atoms with Crippen molar-refractivity contribution in [1.82, 2.24) is 29.4 Å². The van der Waals surface area contributed by atoms with Crippen molar-refractivity contribution in [2.75, 3.05) is 7.11 Å². The maximum atomic E-state index is 6.48. The van der Waals surface area contributed by atoms with Gasteiger partial charge < -0.3 is 14.3 Å². The number of oxime groups is 1. The van der Waals surface area contributed by atoms with Gasteiger partial charge in [-0.25, -0.2) is 19.2 Å². The minimum absolute atomic E-state index is 0.0821. The maximum Gasteiger partial charge on any atom is 0.230 e. The van der Waals surface area contributed by atoms with Crippen LogP contribution < -0.4 is 9.47 Å². The first kappa shape index (κ1) is 25.7. The molecule has 4 heterocycles. The second-order valence-electron chi connectivity index (χ2n) is 9.65. The van der Waals surface area contributed by atoms with E-state index in [2.05, 4.69) is 15.2 Å². The third kappa shape index (κ3) is 4.51. The van der Waals surface area contributed by atoms with Crippen LogP contribution in [-0.4, -0.2) is 42.7 Å². The van der Waals surface area contributed by atoms with Crippen LogP contribution in [0.5, 0.6) is 17.5 Å². The minimum Gasteiger partial charge on any atom is -0.496 e. The first-order valence-corrected chi connectivity index (χ1v) is 13.6. The summed E-state index contributed by atoms with van der Waals surface area (Å²) in [5, 5.41) is 14.2. The Labute approximate surface area is 245 Å². The molecule has 0 radical (unpaired) electrons. The van der Waals surface area contributed by atoms with Crippen LogP contribution >= 0.6 is 11.6 Å². The molecular weight excluding hydrogens is 554 g/mol. The fourth-order valence-electron chi connectivity index (χ4n) is 5.19. The number of fused-ring (bicyclic) bond motifs is 4. The van der Waals surface area contributed by atoms with E-state index in [4.69, 9.17) is 36.0 Å². The number of methoxy groups -OCH3 is 1. The lowest BCUT2D eigenvalue weighted by Crippen LogP contribution is -2.16. The highest BCUT2D eigenvalue weighted by Crippen LogP contribution is 2.51. The largest absolute Gasteiger partial charge is 0.496 e. The molecule has 0 unspecified atom stereocenters. The van der Waals surface area contributed by atoms with E-state index in [1.54, 1.807) is 28.8 Å². The van der Waals surface area contributed by atoms with Crippen LogP contribution in [0.4, 0.5) is 0 Å². The van der Waals surface area contributed by atoms with Gasteiger partial charge in [-0.2, -0.15) is 5.10 Å². The van der Waals surface area contributed by atoms with E-state index in [0.717, 1.165) is 39.4 Å². The molecule has 3 aromatic heterocycles. The summed E-state index contributed by atoms with van der Waals surface area (Å²) in [6, 6.07) is 25.0. The summed E-state index contributed by atoms with van der Waals surface area (Å²) in [6.45, 7) is 2.04. The van der Waals surface area contributed by atoms with Crippen LogP contribution in [0.1, 0.15) is 39.7 Å². The lowest BCUT2D eigenvalue weighted by atomic mass is 9.84. The zero-order valence-electron chi connectivity index (χ0n) is 22.7. The molecule has 1 aliphatic rings. The fraction of sp³-hybridized carbons (Fsp3) is 0.129. The highest BCUT2D eigenvalue weighted by atomic mass is 35.5. The smallest absolute Gasteiger partial charge is 0.230 e. The molecule has 208 valence electrons. The Balaban J connectivity index is 1.34. The van der Waals surface area contributed by atoms with E-state index >= 15 is 0 Å². The van der Waals surface area contributed by atoms with Gasteiger partial charge in [-0.05, 0) is 42.8 Å². The van der Waals surface area contributed by atoms with E-state index in [9.17, 15) is 0 Å². The SMILES string of the molecule is COc1ccccc1[C@H]1c2c(C)nn(-c3ccc(Cl)cc3)c2Oc2ncn3nc(CO/N=C\c4ccccc4)nc3c21. The fourth-order valence-corrected chi connectivity index (χ4v) is 5.32. The zero-order valence-corrected chi connectivity index (χ0v) is 23.4. The topological polar surface area (TPSA) is 101 Å². The summed E-state index contributed by atoms with van der Waals surface area (Å²) in [7, 11) is 1.66. The number of aryl methyl sites for hydroxylation is 1. The molecule has 6 aromatic rings. The Morgan fingerprint density at radius 3 is 2.57 bits per heavy atom. The molecule has 3 aromatic carbocycles.